The molecule has 0 aliphatic rings. The lowest BCUT2D eigenvalue weighted by Crippen LogP contribution is -1.99. The standard InChI is InChI=1S/C39H25N3S/c1-4-10-26(11-5-1)27-16-18-28(19-17-27)31-21-23-35-34(24-31)33-22-20-32(25-36(33)43-35)39-41-37(29-12-6-2-7-13-29)40-38(42-39)30-14-8-3-9-15-30/h1-25H. The normalized spacial score (nSPS) is 11.3. The smallest absolute Gasteiger partial charge is 0.164 e. The van der Waals surface area contributed by atoms with Crippen molar-refractivity contribution in [3.05, 3.63) is 152 Å². The highest BCUT2D eigenvalue weighted by molar-refractivity contribution is 7.25. The van der Waals surface area contributed by atoms with Crippen LogP contribution in [-0.4, -0.2) is 15.0 Å². The summed E-state index contributed by atoms with van der Waals surface area (Å²) in [6.07, 6.45) is 0. The molecule has 0 fully saturated rings. The van der Waals surface area contributed by atoms with E-state index in [0.29, 0.717) is 17.5 Å². The molecule has 8 rings (SSSR count). The van der Waals surface area contributed by atoms with Crippen molar-refractivity contribution in [2.24, 2.45) is 0 Å². The number of hydrogen-bond donors (Lipinski definition) is 0. The second kappa shape index (κ2) is 10.8. The van der Waals surface area contributed by atoms with E-state index in [0.717, 1.165) is 16.7 Å². The van der Waals surface area contributed by atoms with Crippen LogP contribution in [0, 0.1) is 0 Å². The van der Waals surface area contributed by atoms with Crippen molar-refractivity contribution in [1.82, 2.24) is 15.0 Å². The Balaban J connectivity index is 1.19. The third-order valence-electron chi connectivity index (χ3n) is 7.75. The van der Waals surface area contributed by atoms with E-state index in [2.05, 4.69) is 91.0 Å². The molecule has 6 aromatic carbocycles. The van der Waals surface area contributed by atoms with Crippen molar-refractivity contribution < 1.29 is 0 Å². The Morgan fingerprint density at radius 2 is 0.744 bits per heavy atom. The number of rotatable bonds is 5. The Hall–Kier alpha value is -5.45. The molecule has 0 spiro atoms. The summed E-state index contributed by atoms with van der Waals surface area (Å²) in [6.45, 7) is 0. The summed E-state index contributed by atoms with van der Waals surface area (Å²) < 4.78 is 2.48. The van der Waals surface area contributed by atoms with Crippen molar-refractivity contribution >= 4 is 31.5 Å². The minimum Gasteiger partial charge on any atom is -0.208 e. The summed E-state index contributed by atoms with van der Waals surface area (Å²) in [7, 11) is 0. The highest BCUT2D eigenvalue weighted by atomic mass is 32.1. The van der Waals surface area contributed by atoms with Gasteiger partial charge in [0.25, 0.3) is 0 Å². The summed E-state index contributed by atoms with van der Waals surface area (Å²) >= 11 is 1.80. The first-order valence-corrected chi connectivity index (χ1v) is 15.1. The molecule has 0 saturated heterocycles. The van der Waals surface area contributed by atoms with E-state index in [1.54, 1.807) is 11.3 Å². The lowest BCUT2D eigenvalue weighted by atomic mass is 9.99. The van der Waals surface area contributed by atoms with Gasteiger partial charge in [-0.05, 0) is 40.5 Å². The van der Waals surface area contributed by atoms with Gasteiger partial charge in [-0.2, -0.15) is 0 Å². The van der Waals surface area contributed by atoms with E-state index < -0.39 is 0 Å². The van der Waals surface area contributed by atoms with Crippen LogP contribution in [0.3, 0.4) is 0 Å². The van der Waals surface area contributed by atoms with Gasteiger partial charge in [0.1, 0.15) is 0 Å². The fraction of sp³-hybridized carbons (Fsp3) is 0. The summed E-state index contributed by atoms with van der Waals surface area (Å²) in [5, 5.41) is 2.51. The third-order valence-corrected chi connectivity index (χ3v) is 8.89. The number of aromatic nitrogens is 3. The largest absolute Gasteiger partial charge is 0.208 e. The number of fused-ring (bicyclic) bond motifs is 3. The first-order chi connectivity index (χ1) is 21.3. The molecule has 0 bridgehead atoms. The predicted octanol–water partition coefficient (Wildman–Crippen LogP) is 10.6. The van der Waals surface area contributed by atoms with Gasteiger partial charge in [-0.3, -0.25) is 0 Å². The Bertz CT molecular complexity index is 2150. The van der Waals surface area contributed by atoms with Gasteiger partial charge in [-0.15, -0.1) is 11.3 Å². The van der Waals surface area contributed by atoms with Gasteiger partial charge < -0.3 is 0 Å². The van der Waals surface area contributed by atoms with Gasteiger partial charge in [-0.1, -0.05) is 133 Å². The summed E-state index contributed by atoms with van der Waals surface area (Å²) in [5.74, 6) is 2.01. The van der Waals surface area contributed by atoms with Gasteiger partial charge in [0.15, 0.2) is 17.5 Å². The molecule has 202 valence electrons. The van der Waals surface area contributed by atoms with E-state index in [9.17, 15) is 0 Å². The number of hydrogen-bond acceptors (Lipinski definition) is 4. The maximum absolute atomic E-state index is 4.93. The maximum Gasteiger partial charge on any atom is 0.164 e. The first-order valence-electron chi connectivity index (χ1n) is 14.3. The van der Waals surface area contributed by atoms with Crippen LogP contribution < -0.4 is 0 Å². The Kier molecular flexibility index (Phi) is 6.32. The predicted molar refractivity (Wildman–Crippen MR) is 180 cm³/mol. The van der Waals surface area contributed by atoms with E-state index in [1.165, 1.54) is 42.4 Å². The maximum atomic E-state index is 4.93. The lowest BCUT2D eigenvalue weighted by Gasteiger charge is -2.08. The van der Waals surface area contributed by atoms with Gasteiger partial charge in [-0.25, -0.2) is 15.0 Å². The van der Waals surface area contributed by atoms with Gasteiger partial charge in [0.05, 0.1) is 0 Å². The number of benzene rings is 6. The Morgan fingerprint density at radius 3 is 1.33 bits per heavy atom. The summed E-state index contributed by atoms with van der Waals surface area (Å²) in [6, 6.07) is 52.9. The van der Waals surface area contributed by atoms with Crippen molar-refractivity contribution in [3.63, 3.8) is 0 Å². The van der Waals surface area contributed by atoms with Crippen molar-refractivity contribution in [3.8, 4) is 56.4 Å². The van der Waals surface area contributed by atoms with E-state index in [1.807, 2.05) is 60.7 Å². The van der Waals surface area contributed by atoms with E-state index in [4.69, 9.17) is 15.0 Å². The van der Waals surface area contributed by atoms with Crippen molar-refractivity contribution in [1.29, 1.82) is 0 Å². The van der Waals surface area contributed by atoms with E-state index in [-0.39, 0.29) is 0 Å². The SMILES string of the molecule is c1ccc(-c2ccc(-c3ccc4sc5cc(-c6nc(-c7ccccc7)nc(-c7ccccc7)n6)ccc5c4c3)cc2)cc1. The Labute approximate surface area is 253 Å². The number of nitrogens with zero attached hydrogens (tertiary/aromatic N) is 3. The van der Waals surface area contributed by atoms with Crippen LogP contribution in [0.1, 0.15) is 0 Å². The highest BCUT2D eigenvalue weighted by Gasteiger charge is 2.14. The van der Waals surface area contributed by atoms with Crippen LogP contribution >= 0.6 is 11.3 Å². The molecule has 3 nitrogen and oxygen atoms in total. The summed E-state index contributed by atoms with van der Waals surface area (Å²) in [5.41, 5.74) is 7.80. The second-order valence-electron chi connectivity index (χ2n) is 10.5. The molecule has 0 unspecified atom stereocenters. The molecule has 0 N–H and O–H groups in total. The quantitative estimate of drug-likeness (QED) is 0.208. The molecule has 4 heteroatoms. The van der Waals surface area contributed by atoms with Crippen LogP contribution in [-0.2, 0) is 0 Å². The average Bonchev–Trinajstić information content (AvgIpc) is 3.46. The minimum atomic E-state index is 0.670. The van der Waals surface area contributed by atoms with Crippen LogP contribution in [0.2, 0.25) is 0 Å². The molecule has 0 atom stereocenters. The average molecular weight is 568 g/mol. The van der Waals surface area contributed by atoms with Crippen LogP contribution in [0.5, 0.6) is 0 Å². The van der Waals surface area contributed by atoms with Crippen LogP contribution in [0.4, 0.5) is 0 Å². The van der Waals surface area contributed by atoms with Crippen molar-refractivity contribution in [2.45, 2.75) is 0 Å². The molecule has 43 heavy (non-hydrogen) atoms. The Morgan fingerprint density at radius 1 is 0.302 bits per heavy atom. The third kappa shape index (κ3) is 4.88. The minimum absolute atomic E-state index is 0.670. The highest BCUT2D eigenvalue weighted by Crippen LogP contribution is 2.38. The number of thiophene rings is 1. The van der Waals surface area contributed by atoms with Gasteiger partial charge >= 0.3 is 0 Å². The topological polar surface area (TPSA) is 38.7 Å². The van der Waals surface area contributed by atoms with Crippen molar-refractivity contribution in [2.75, 3.05) is 0 Å². The molecule has 2 aromatic heterocycles. The summed E-state index contributed by atoms with van der Waals surface area (Å²) in [4.78, 5) is 14.7. The van der Waals surface area contributed by atoms with E-state index >= 15 is 0 Å². The fourth-order valence-corrected chi connectivity index (χ4v) is 6.64. The van der Waals surface area contributed by atoms with Crippen LogP contribution in [0.25, 0.3) is 76.6 Å². The molecule has 0 amide bonds. The molecular weight excluding hydrogens is 543 g/mol. The molecule has 0 saturated carbocycles. The fourth-order valence-electron chi connectivity index (χ4n) is 5.52. The molecule has 0 aliphatic carbocycles. The second-order valence-corrected chi connectivity index (χ2v) is 11.6. The first kappa shape index (κ1) is 25.3. The zero-order valence-corrected chi connectivity index (χ0v) is 24.0. The van der Waals surface area contributed by atoms with Gasteiger partial charge in [0.2, 0.25) is 0 Å². The molecule has 8 aromatic rings. The molecule has 2 heterocycles. The molecular formula is C39H25N3S. The van der Waals surface area contributed by atoms with Gasteiger partial charge in [0, 0.05) is 36.9 Å². The monoisotopic (exact) mass is 567 g/mol. The molecule has 0 aliphatic heterocycles. The zero-order chi connectivity index (χ0) is 28.6. The zero-order valence-electron chi connectivity index (χ0n) is 23.2. The molecule has 0 radical (unpaired) electrons. The lowest BCUT2D eigenvalue weighted by molar-refractivity contribution is 1.07. The van der Waals surface area contributed by atoms with Crippen LogP contribution in [0.15, 0.2) is 152 Å².